The van der Waals surface area contributed by atoms with E-state index in [9.17, 15) is 9.59 Å². The summed E-state index contributed by atoms with van der Waals surface area (Å²) in [6, 6.07) is 14.9. The summed E-state index contributed by atoms with van der Waals surface area (Å²) in [5.74, 6) is 5.23. The molecule has 0 aliphatic rings. The molecule has 0 fully saturated rings. The van der Waals surface area contributed by atoms with E-state index in [2.05, 4.69) is 11.8 Å². The van der Waals surface area contributed by atoms with Gasteiger partial charge in [-0.15, -0.1) is 5.92 Å². The summed E-state index contributed by atoms with van der Waals surface area (Å²) in [4.78, 5) is 24.6. The maximum absolute atomic E-state index is 12.4. The van der Waals surface area contributed by atoms with Gasteiger partial charge in [0.25, 0.3) is 0 Å². The fraction of sp³-hybridized carbons (Fsp3) is 0.280. The van der Waals surface area contributed by atoms with Gasteiger partial charge in [0.15, 0.2) is 0 Å². The molecule has 1 heterocycles. The molecule has 0 bridgehead atoms. The third-order valence-corrected chi connectivity index (χ3v) is 5.10. The van der Waals surface area contributed by atoms with Crippen molar-refractivity contribution in [3.63, 3.8) is 0 Å². The Kier molecular flexibility index (Phi) is 7.47. The highest BCUT2D eigenvalue weighted by atomic mass is 16.5. The van der Waals surface area contributed by atoms with Crippen LogP contribution in [-0.2, 0) is 17.6 Å². The highest BCUT2D eigenvalue weighted by Gasteiger charge is 2.21. The fourth-order valence-electron chi connectivity index (χ4n) is 3.40. The molecule has 31 heavy (non-hydrogen) atoms. The number of hydrogen-bond acceptors (Lipinski definition) is 5. The molecule has 0 saturated carbocycles. The molecule has 1 atom stereocenters. The van der Waals surface area contributed by atoms with Gasteiger partial charge in [-0.3, -0.25) is 10.0 Å². The number of hydrogen-bond donors (Lipinski definition) is 2. The lowest BCUT2D eigenvalue weighted by atomic mass is 9.92. The van der Waals surface area contributed by atoms with E-state index in [4.69, 9.17) is 14.4 Å². The quantitative estimate of drug-likeness (QED) is 0.251. The van der Waals surface area contributed by atoms with Gasteiger partial charge < -0.3 is 9.15 Å². The molecule has 3 aromatic rings. The van der Waals surface area contributed by atoms with Gasteiger partial charge in [-0.25, -0.2) is 10.3 Å². The molecule has 6 nitrogen and oxygen atoms in total. The van der Waals surface area contributed by atoms with Crippen molar-refractivity contribution in [3.8, 4) is 17.6 Å². The van der Waals surface area contributed by atoms with Gasteiger partial charge in [-0.05, 0) is 69.0 Å². The van der Waals surface area contributed by atoms with Crippen LogP contribution in [0.4, 0.5) is 0 Å². The van der Waals surface area contributed by atoms with Gasteiger partial charge >= 0.3 is 5.63 Å². The Hall–Kier alpha value is -3.56. The maximum Gasteiger partial charge on any atom is 0.339 e. The Bertz CT molecular complexity index is 1170. The molecule has 0 spiro atoms. The molecule has 0 aliphatic heterocycles. The van der Waals surface area contributed by atoms with Crippen LogP contribution >= 0.6 is 0 Å². The fourth-order valence-corrected chi connectivity index (χ4v) is 3.40. The molecule has 160 valence electrons. The monoisotopic (exact) mass is 419 g/mol. The van der Waals surface area contributed by atoms with Gasteiger partial charge in [0.05, 0.1) is 0 Å². The van der Waals surface area contributed by atoms with Crippen LogP contribution in [0.1, 0.15) is 30.0 Å². The first-order valence-corrected chi connectivity index (χ1v) is 10.1. The Morgan fingerprint density at radius 2 is 1.97 bits per heavy atom. The van der Waals surface area contributed by atoms with Crippen LogP contribution in [0.15, 0.2) is 57.7 Å². The van der Waals surface area contributed by atoms with Gasteiger partial charge in [0, 0.05) is 16.9 Å². The number of rotatable bonds is 8. The molecular weight excluding hydrogens is 394 g/mol. The molecule has 0 aliphatic carbocycles. The SMILES string of the molecule is CC#CCOc1ccc(CCC(Cc2cc3cc(C)ccc3oc2=O)C(=O)NO)cc1. The Morgan fingerprint density at radius 1 is 1.19 bits per heavy atom. The van der Waals surface area contributed by atoms with E-state index in [1.807, 2.05) is 43.3 Å². The van der Waals surface area contributed by atoms with Crippen LogP contribution in [0.25, 0.3) is 11.0 Å². The molecule has 1 unspecified atom stereocenters. The number of amides is 1. The minimum atomic E-state index is -0.578. The predicted octanol–water partition coefficient (Wildman–Crippen LogP) is 3.80. The summed E-state index contributed by atoms with van der Waals surface area (Å²) in [6.07, 6.45) is 1.24. The first-order chi connectivity index (χ1) is 15.0. The lowest BCUT2D eigenvalue weighted by molar-refractivity contribution is -0.133. The topological polar surface area (TPSA) is 88.8 Å². The van der Waals surface area contributed by atoms with Crippen molar-refractivity contribution in [2.45, 2.75) is 33.1 Å². The van der Waals surface area contributed by atoms with Crippen molar-refractivity contribution < 1.29 is 19.2 Å². The van der Waals surface area contributed by atoms with Gasteiger partial charge in [-0.1, -0.05) is 29.7 Å². The van der Waals surface area contributed by atoms with Crippen molar-refractivity contribution >= 4 is 16.9 Å². The number of hydroxylamine groups is 1. The van der Waals surface area contributed by atoms with Gasteiger partial charge in [0.2, 0.25) is 5.91 Å². The summed E-state index contributed by atoms with van der Waals surface area (Å²) in [6.45, 7) is 4.05. The molecule has 3 rings (SSSR count). The summed E-state index contributed by atoms with van der Waals surface area (Å²) in [5.41, 5.74) is 4.24. The Morgan fingerprint density at radius 3 is 2.68 bits per heavy atom. The normalized spacial score (nSPS) is 11.5. The van der Waals surface area contributed by atoms with Crippen molar-refractivity contribution in [1.29, 1.82) is 0 Å². The van der Waals surface area contributed by atoms with Crippen molar-refractivity contribution in [2.24, 2.45) is 5.92 Å². The highest BCUT2D eigenvalue weighted by Crippen LogP contribution is 2.20. The number of nitrogens with one attached hydrogen (secondary N) is 1. The summed E-state index contributed by atoms with van der Waals surface area (Å²) < 4.78 is 10.9. The number of carbonyl (C=O) groups excluding carboxylic acids is 1. The van der Waals surface area contributed by atoms with Crippen LogP contribution in [0.5, 0.6) is 5.75 Å². The van der Waals surface area contributed by atoms with Crippen LogP contribution < -0.4 is 15.8 Å². The molecule has 1 amide bonds. The summed E-state index contributed by atoms with van der Waals surface area (Å²) in [5, 5.41) is 9.97. The molecular formula is C25H25NO5. The largest absolute Gasteiger partial charge is 0.481 e. The molecule has 6 heteroatoms. The van der Waals surface area contributed by atoms with E-state index in [1.54, 1.807) is 24.5 Å². The predicted molar refractivity (Wildman–Crippen MR) is 118 cm³/mol. The second-order valence-corrected chi connectivity index (χ2v) is 7.38. The molecule has 2 N–H and O–H groups in total. The lowest BCUT2D eigenvalue weighted by Crippen LogP contribution is -2.31. The van der Waals surface area contributed by atoms with Crippen molar-refractivity contribution in [1.82, 2.24) is 5.48 Å². The zero-order valence-electron chi connectivity index (χ0n) is 17.6. The van der Waals surface area contributed by atoms with E-state index in [1.165, 1.54) is 0 Å². The zero-order valence-corrected chi connectivity index (χ0v) is 17.6. The summed E-state index contributed by atoms with van der Waals surface area (Å²) >= 11 is 0. The van der Waals surface area contributed by atoms with E-state index < -0.39 is 17.5 Å². The van der Waals surface area contributed by atoms with E-state index in [0.29, 0.717) is 30.6 Å². The van der Waals surface area contributed by atoms with Crippen molar-refractivity contribution in [3.05, 3.63) is 75.6 Å². The minimum Gasteiger partial charge on any atom is -0.481 e. The second-order valence-electron chi connectivity index (χ2n) is 7.38. The molecule has 0 saturated heterocycles. The van der Waals surface area contributed by atoms with E-state index in [0.717, 1.165) is 22.3 Å². The van der Waals surface area contributed by atoms with Crippen LogP contribution in [0.3, 0.4) is 0 Å². The van der Waals surface area contributed by atoms with Crippen LogP contribution in [0, 0.1) is 24.7 Å². The van der Waals surface area contributed by atoms with Gasteiger partial charge in [-0.2, -0.15) is 0 Å². The lowest BCUT2D eigenvalue weighted by Gasteiger charge is -2.15. The second kappa shape index (κ2) is 10.5. The number of ether oxygens (including phenoxy) is 1. The first kappa shape index (κ1) is 22.1. The van der Waals surface area contributed by atoms with Crippen LogP contribution in [-0.4, -0.2) is 17.7 Å². The Labute approximate surface area is 180 Å². The molecule has 1 aromatic heterocycles. The average Bonchev–Trinajstić information content (AvgIpc) is 2.77. The zero-order chi connectivity index (χ0) is 22.2. The highest BCUT2D eigenvalue weighted by molar-refractivity contribution is 5.79. The molecule has 2 aromatic carbocycles. The number of carbonyl (C=O) groups is 1. The van der Waals surface area contributed by atoms with Crippen LogP contribution in [0.2, 0.25) is 0 Å². The number of benzene rings is 2. The number of aryl methyl sites for hydroxylation is 2. The first-order valence-electron chi connectivity index (χ1n) is 10.1. The average molecular weight is 419 g/mol. The smallest absolute Gasteiger partial charge is 0.339 e. The van der Waals surface area contributed by atoms with E-state index >= 15 is 0 Å². The summed E-state index contributed by atoms with van der Waals surface area (Å²) in [7, 11) is 0. The van der Waals surface area contributed by atoms with E-state index in [-0.39, 0.29) is 6.42 Å². The minimum absolute atomic E-state index is 0.176. The third-order valence-electron chi connectivity index (χ3n) is 5.10. The third kappa shape index (κ3) is 5.97. The number of fused-ring (bicyclic) bond motifs is 1. The Balaban J connectivity index is 1.71. The molecule has 0 radical (unpaired) electrons. The van der Waals surface area contributed by atoms with Crippen molar-refractivity contribution in [2.75, 3.05) is 6.61 Å². The van der Waals surface area contributed by atoms with Gasteiger partial charge in [0.1, 0.15) is 17.9 Å². The maximum atomic E-state index is 12.4. The standard InChI is InChI=1S/C25H25NO5/c1-3-4-13-30-22-10-7-18(8-11-22)6-9-19(24(27)26-29)15-21-16-20-14-17(2)5-12-23(20)31-25(21)28/h5,7-8,10-12,14,16,19,29H,6,9,13,15H2,1-2H3,(H,26,27).